The van der Waals surface area contributed by atoms with Crippen LogP contribution in [0.15, 0.2) is 12.3 Å². The van der Waals surface area contributed by atoms with Crippen LogP contribution >= 0.6 is 12.2 Å². The van der Waals surface area contributed by atoms with Crippen LogP contribution < -0.4 is 10.6 Å². The summed E-state index contributed by atoms with van der Waals surface area (Å²) in [5.41, 5.74) is 0. The summed E-state index contributed by atoms with van der Waals surface area (Å²) in [5.74, 6) is 0.890. The van der Waals surface area contributed by atoms with Gasteiger partial charge in [-0.05, 0) is 19.1 Å². The maximum atomic E-state index is 5.00. The first-order valence-corrected chi connectivity index (χ1v) is 4.17. The van der Waals surface area contributed by atoms with Crippen molar-refractivity contribution in [2.75, 3.05) is 11.9 Å². The molecule has 66 valence electrons. The van der Waals surface area contributed by atoms with Gasteiger partial charge in [0.1, 0.15) is 5.82 Å². The van der Waals surface area contributed by atoms with Gasteiger partial charge in [-0.1, -0.05) is 0 Å². The first-order chi connectivity index (χ1) is 5.74. The maximum absolute atomic E-state index is 5.00. The molecule has 0 radical (unpaired) electrons. The third-order valence-electron chi connectivity index (χ3n) is 1.40. The molecule has 0 amide bonds. The second kappa shape index (κ2) is 4.06. The van der Waals surface area contributed by atoms with Gasteiger partial charge in [0.05, 0.1) is 6.20 Å². The van der Waals surface area contributed by atoms with Crippen molar-refractivity contribution in [2.24, 2.45) is 7.05 Å². The van der Waals surface area contributed by atoms with E-state index in [9.17, 15) is 0 Å². The molecule has 0 saturated carbocycles. The van der Waals surface area contributed by atoms with E-state index in [4.69, 9.17) is 12.2 Å². The molecular weight excluding hydrogens is 172 g/mol. The zero-order valence-corrected chi connectivity index (χ0v) is 7.98. The van der Waals surface area contributed by atoms with Gasteiger partial charge in [0.2, 0.25) is 0 Å². The van der Waals surface area contributed by atoms with Crippen molar-refractivity contribution in [3.05, 3.63) is 12.3 Å². The molecule has 4 nitrogen and oxygen atoms in total. The average molecular weight is 184 g/mol. The van der Waals surface area contributed by atoms with Crippen LogP contribution in [-0.4, -0.2) is 21.4 Å². The van der Waals surface area contributed by atoms with Gasteiger partial charge in [-0.3, -0.25) is 4.68 Å². The van der Waals surface area contributed by atoms with Crippen molar-refractivity contribution in [1.29, 1.82) is 0 Å². The standard InChI is InChI=1S/C7H12N4S/c1-3-8-7(12)10-6-4-5-9-11(6)2/h4-5H,3H2,1-2H3,(H2,8,10,12). The van der Waals surface area contributed by atoms with Gasteiger partial charge in [-0.25, -0.2) is 0 Å². The summed E-state index contributed by atoms with van der Waals surface area (Å²) in [5, 5.41) is 10.6. The molecular formula is C7H12N4S. The largest absolute Gasteiger partial charge is 0.363 e. The zero-order valence-electron chi connectivity index (χ0n) is 7.16. The van der Waals surface area contributed by atoms with Crippen molar-refractivity contribution >= 4 is 23.1 Å². The Morgan fingerprint density at radius 3 is 3.00 bits per heavy atom. The van der Waals surface area contributed by atoms with Crippen molar-refractivity contribution < 1.29 is 0 Å². The van der Waals surface area contributed by atoms with Crippen LogP contribution in [0.5, 0.6) is 0 Å². The van der Waals surface area contributed by atoms with Crippen LogP contribution in [0.25, 0.3) is 0 Å². The van der Waals surface area contributed by atoms with Gasteiger partial charge in [0.15, 0.2) is 5.11 Å². The molecule has 1 rings (SSSR count). The number of nitrogens with zero attached hydrogens (tertiary/aromatic N) is 2. The van der Waals surface area contributed by atoms with E-state index in [-0.39, 0.29) is 0 Å². The lowest BCUT2D eigenvalue weighted by atomic mass is 10.6. The van der Waals surface area contributed by atoms with Gasteiger partial charge in [-0.15, -0.1) is 0 Å². The van der Waals surface area contributed by atoms with Crippen molar-refractivity contribution in [1.82, 2.24) is 15.1 Å². The van der Waals surface area contributed by atoms with Crippen molar-refractivity contribution in [3.63, 3.8) is 0 Å². The fourth-order valence-electron chi connectivity index (χ4n) is 0.818. The summed E-state index contributed by atoms with van der Waals surface area (Å²) in [6, 6.07) is 1.86. The molecule has 12 heavy (non-hydrogen) atoms. The molecule has 0 fully saturated rings. The van der Waals surface area contributed by atoms with E-state index >= 15 is 0 Å². The Hall–Kier alpha value is -1.10. The fraction of sp³-hybridized carbons (Fsp3) is 0.429. The van der Waals surface area contributed by atoms with Crippen LogP contribution in [0.4, 0.5) is 5.82 Å². The molecule has 0 saturated heterocycles. The Balaban J connectivity index is 2.52. The first kappa shape index (κ1) is 8.99. The van der Waals surface area contributed by atoms with E-state index in [2.05, 4.69) is 15.7 Å². The Bertz CT molecular complexity index is 268. The predicted octanol–water partition coefficient (Wildman–Crippen LogP) is 0.726. The summed E-state index contributed by atoms with van der Waals surface area (Å²) < 4.78 is 1.73. The minimum Gasteiger partial charge on any atom is -0.363 e. The van der Waals surface area contributed by atoms with Crippen LogP contribution in [-0.2, 0) is 7.05 Å². The Morgan fingerprint density at radius 1 is 1.75 bits per heavy atom. The number of aryl methyl sites for hydroxylation is 1. The number of anilines is 1. The van der Waals surface area contributed by atoms with Gasteiger partial charge < -0.3 is 10.6 Å². The molecule has 1 aromatic rings. The molecule has 0 aliphatic rings. The first-order valence-electron chi connectivity index (χ1n) is 3.77. The lowest BCUT2D eigenvalue weighted by Crippen LogP contribution is -2.28. The number of aromatic nitrogens is 2. The van der Waals surface area contributed by atoms with Crippen LogP contribution in [0.2, 0.25) is 0 Å². The van der Waals surface area contributed by atoms with Gasteiger partial charge in [0, 0.05) is 19.7 Å². The highest BCUT2D eigenvalue weighted by molar-refractivity contribution is 7.80. The number of thiocarbonyl (C=S) groups is 1. The van der Waals surface area contributed by atoms with Gasteiger partial charge in [0.25, 0.3) is 0 Å². The van der Waals surface area contributed by atoms with Crippen LogP contribution in [0.3, 0.4) is 0 Å². The number of nitrogens with one attached hydrogen (secondary N) is 2. The monoisotopic (exact) mass is 184 g/mol. The molecule has 5 heteroatoms. The predicted molar refractivity (Wildman–Crippen MR) is 53.1 cm³/mol. The second-order valence-corrected chi connectivity index (χ2v) is 2.73. The van der Waals surface area contributed by atoms with Crippen LogP contribution in [0.1, 0.15) is 6.92 Å². The fourth-order valence-corrected chi connectivity index (χ4v) is 1.07. The van der Waals surface area contributed by atoms with Crippen molar-refractivity contribution in [3.8, 4) is 0 Å². The Kier molecular flexibility index (Phi) is 3.04. The zero-order chi connectivity index (χ0) is 8.97. The minimum atomic E-state index is 0.626. The third kappa shape index (κ3) is 2.20. The SMILES string of the molecule is CCNC(=S)Nc1ccnn1C. The summed E-state index contributed by atoms with van der Waals surface area (Å²) in [7, 11) is 1.86. The summed E-state index contributed by atoms with van der Waals surface area (Å²) in [4.78, 5) is 0. The lowest BCUT2D eigenvalue weighted by molar-refractivity contribution is 0.776. The number of rotatable bonds is 2. The Morgan fingerprint density at radius 2 is 2.50 bits per heavy atom. The Labute approximate surface area is 77.0 Å². The highest BCUT2D eigenvalue weighted by Crippen LogP contribution is 2.02. The normalized spacial score (nSPS) is 9.50. The average Bonchev–Trinajstić information content (AvgIpc) is 2.37. The van der Waals surface area contributed by atoms with E-state index in [0.29, 0.717) is 5.11 Å². The smallest absolute Gasteiger partial charge is 0.171 e. The molecule has 0 unspecified atom stereocenters. The molecule has 0 aliphatic heterocycles. The number of hydrogen-bond donors (Lipinski definition) is 2. The summed E-state index contributed by atoms with van der Waals surface area (Å²) >= 11 is 5.00. The van der Waals surface area contributed by atoms with E-state index < -0.39 is 0 Å². The van der Waals surface area contributed by atoms with E-state index in [1.54, 1.807) is 10.9 Å². The summed E-state index contributed by atoms with van der Waals surface area (Å²) in [6.07, 6.45) is 1.72. The highest BCUT2D eigenvalue weighted by atomic mass is 32.1. The van der Waals surface area contributed by atoms with E-state index in [0.717, 1.165) is 12.4 Å². The molecule has 2 N–H and O–H groups in total. The molecule has 0 atom stereocenters. The lowest BCUT2D eigenvalue weighted by Gasteiger charge is -2.07. The molecule has 1 aromatic heterocycles. The highest BCUT2D eigenvalue weighted by Gasteiger charge is 1.98. The number of hydrogen-bond acceptors (Lipinski definition) is 2. The summed E-state index contributed by atoms with van der Waals surface area (Å²) in [6.45, 7) is 2.82. The quantitative estimate of drug-likeness (QED) is 0.665. The van der Waals surface area contributed by atoms with E-state index in [1.165, 1.54) is 0 Å². The molecule has 0 bridgehead atoms. The molecule has 0 aliphatic carbocycles. The third-order valence-corrected chi connectivity index (χ3v) is 1.65. The maximum Gasteiger partial charge on any atom is 0.171 e. The van der Waals surface area contributed by atoms with Crippen LogP contribution in [0, 0.1) is 0 Å². The molecule has 0 spiro atoms. The van der Waals surface area contributed by atoms with E-state index in [1.807, 2.05) is 20.0 Å². The second-order valence-electron chi connectivity index (χ2n) is 2.32. The molecule has 0 aromatic carbocycles. The van der Waals surface area contributed by atoms with Gasteiger partial charge in [-0.2, -0.15) is 5.10 Å². The van der Waals surface area contributed by atoms with Gasteiger partial charge >= 0.3 is 0 Å². The molecule has 1 heterocycles. The van der Waals surface area contributed by atoms with Crippen molar-refractivity contribution in [2.45, 2.75) is 6.92 Å². The topological polar surface area (TPSA) is 41.9 Å². The minimum absolute atomic E-state index is 0.626.